The second kappa shape index (κ2) is 8.46. The first-order valence-electron chi connectivity index (χ1n) is 9.72. The van der Waals surface area contributed by atoms with Gasteiger partial charge in [-0.3, -0.25) is 14.9 Å². The van der Waals surface area contributed by atoms with Gasteiger partial charge in [0.05, 0.1) is 17.6 Å². The molecule has 0 aliphatic heterocycles. The molecule has 0 atom stereocenters. The molecule has 0 unspecified atom stereocenters. The number of aryl methyl sites for hydroxylation is 1. The van der Waals surface area contributed by atoms with Gasteiger partial charge in [-0.25, -0.2) is 9.67 Å². The van der Waals surface area contributed by atoms with Crippen LogP contribution in [0.5, 0.6) is 5.75 Å². The summed E-state index contributed by atoms with van der Waals surface area (Å²) in [6.07, 6.45) is 0. The minimum atomic E-state index is -0.381. The van der Waals surface area contributed by atoms with Crippen molar-refractivity contribution in [2.45, 2.75) is 40.2 Å². The van der Waals surface area contributed by atoms with Crippen molar-refractivity contribution in [3.05, 3.63) is 46.4 Å². The lowest BCUT2D eigenvalue weighted by molar-refractivity contribution is -0.117. The van der Waals surface area contributed by atoms with Crippen LogP contribution in [0.2, 0.25) is 0 Å². The fourth-order valence-corrected chi connectivity index (χ4v) is 2.93. The first kappa shape index (κ1) is 20.6. The van der Waals surface area contributed by atoms with Gasteiger partial charge in [-0.15, -0.1) is 0 Å². The van der Waals surface area contributed by atoms with E-state index in [-0.39, 0.29) is 23.9 Å². The lowest BCUT2D eigenvalue weighted by Crippen LogP contribution is -2.31. The number of hydrogen-bond donors (Lipinski definition) is 1. The molecule has 1 N–H and O–H groups in total. The summed E-state index contributed by atoms with van der Waals surface area (Å²) in [5.41, 5.74) is 1.97. The predicted octanol–water partition coefficient (Wildman–Crippen LogP) is 2.93. The van der Waals surface area contributed by atoms with E-state index in [9.17, 15) is 9.59 Å². The van der Waals surface area contributed by atoms with E-state index in [4.69, 9.17) is 4.74 Å². The molecule has 0 radical (unpaired) electrons. The maximum atomic E-state index is 12.5. The molecule has 0 aliphatic carbocycles. The highest BCUT2D eigenvalue weighted by molar-refractivity contribution is 5.91. The molecule has 0 saturated heterocycles. The van der Waals surface area contributed by atoms with Crippen LogP contribution in [-0.4, -0.2) is 31.8 Å². The lowest BCUT2D eigenvalue weighted by Gasteiger charge is -2.16. The molecular weight excluding hydrogens is 370 g/mol. The van der Waals surface area contributed by atoms with Gasteiger partial charge < -0.3 is 9.30 Å². The van der Waals surface area contributed by atoms with Crippen LogP contribution in [0.3, 0.4) is 0 Å². The summed E-state index contributed by atoms with van der Waals surface area (Å²) in [7, 11) is 1.83. The van der Waals surface area contributed by atoms with Crippen LogP contribution < -0.4 is 15.6 Å². The third-order valence-corrected chi connectivity index (χ3v) is 4.44. The van der Waals surface area contributed by atoms with Crippen LogP contribution in [0.25, 0.3) is 11.0 Å². The molecule has 1 aromatic carbocycles. The van der Waals surface area contributed by atoms with Crippen molar-refractivity contribution in [1.29, 1.82) is 0 Å². The van der Waals surface area contributed by atoms with Crippen LogP contribution in [0.15, 0.2) is 35.1 Å². The zero-order valence-electron chi connectivity index (χ0n) is 17.5. The van der Waals surface area contributed by atoms with Gasteiger partial charge in [-0.1, -0.05) is 39.8 Å². The summed E-state index contributed by atoms with van der Waals surface area (Å²) in [4.78, 5) is 29.4. The van der Waals surface area contributed by atoms with Crippen LogP contribution in [0.4, 0.5) is 5.95 Å². The third kappa shape index (κ3) is 4.64. The van der Waals surface area contributed by atoms with Gasteiger partial charge in [0.1, 0.15) is 18.0 Å². The van der Waals surface area contributed by atoms with Gasteiger partial charge in [0.2, 0.25) is 11.9 Å². The average Bonchev–Trinajstić information content (AvgIpc) is 2.97. The summed E-state index contributed by atoms with van der Waals surface area (Å²) in [5, 5.41) is 7.15. The van der Waals surface area contributed by atoms with Gasteiger partial charge in [-0.05, 0) is 18.1 Å². The van der Waals surface area contributed by atoms with E-state index in [0.29, 0.717) is 29.9 Å². The van der Waals surface area contributed by atoms with Crippen molar-refractivity contribution in [2.24, 2.45) is 13.0 Å². The molecule has 8 heteroatoms. The maximum absolute atomic E-state index is 12.5. The van der Waals surface area contributed by atoms with Crippen molar-refractivity contribution in [3.8, 4) is 5.75 Å². The summed E-state index contributed by atoms with van der Waals surface area (Å²) >= 11 is 0. The number of nitrogens with zero attached hydrogens (tertiary/aromatic N) is 4. The molecule has 0 aliphatic rings. The van der Waals surface area contributed by atoms with E-state index in [0.717, 1.165) is 15.7 Å². The number of carbonyl (C=O) groups is 1. The summed E-state index contributed by atoms with van der Waals surface area (Å²) in [6, 6.07) is 9.01. The van der Waals surface area contributed by atoms with E-state index in [1.165, 1.54) is 6.07 Å². The highest BCUT2D eigenvalue weighted by atomic mass is 16.5. The van der Waals surface area contributed by atoms with Crippen LogP contribution in [0.1, 0.15) is 39.3 Å². The smallest absolute Gasteiger partial charge is 0.270 e. The van der Waals surface area contributed by atoms with Crippen molar-refractivity contribution in [2.75, 3.05) is 11.9 Å². The minimum absolute atomic E-state index is 0.0481. The number of fused-ring (bicyclic) bond motifs is 1. The monoisotopic (exact) mass is 397 g/mol. The van der Waals surface area contributed by atoms with Gasteiger partial charge >= 0.3 is 0 Å². The number of benzene rings is 1. The molecule has 2 heterocycles. The van der Waals surface area contributed by atoms with Crippen molar-refractivity contribution in [1.82, 2.24) is 19.3 Å². The Hall–Kier alpha value is -3.16. The summed E-state index contributed by atoms with van der Waals surface area (Å²) < 4.78 is 8.72. The van der Waals surface area contributed by atoms with Gasteiger partial charge in [0, 0.05) is 19.0 Å². The Morgan fingerprint density at radius 1 is 1.21 bits per heavy atom. The largest absolute Gasteiger partial charge is 0.491 e. The quantitative estimate of drug-likeness (QED) is 0.662. The maximum Gasteiger partial charge on any atom is 0.270 e. The van der Waals surface area contributed by atoms with Gasteiger partial charge in [0.15, 0.2) is 0 Å². The zero-order chi connectivity index (χ0) is 21.1. The summed E-state index contributed by atoms with van der Waals surface area (Å²) in [6.45, 7) is 8.31. The second-order valence-corrected chi connectivity index (χ2v) is 7.78. The Balaban J connectivity index is 1.81. The molecule has 154 valence electrons. The fraction of sp³-hybridized carbons (Fsp3) is 0.429. The van der Waals surface area contributed by atoms with E-state index in [1.807, 2.05) is 59.0 Å². The van der Waals surface area contributed by atoms with E-state index in [2.05, 4.69) is 15.4 Å². The highest BCUT2D eigenvalue weighted by Crippen LogP contribution is 2.23. The number of anilines is 1. The molecule has 3 aromatic rings. The number of rotatable bonds is 7. The molecule has 0 bridgehead atoms. The van der Waals surface area contributed by atoms with Crippen molar-refractivity contribution >= 4 is 22.9 Å². The minimum Gasteiger partial charge on any atom is -0.491 e. The molecule has 1 amide bonds. The molecule has 3 rings (SSSR count). The number of imidazole rings is 1. The Morgan fingerprint density at radius 2 is 1.93 bits per heavy atom. The van der Waals surface area contributed by atoms with Crippen molar-refractivity contribution < 1.29 is 9.53 Å². The first-order chi connectivity index (χ1) is 13.8. The standard InChI is InChI=1S/C21H27N5O3/c1-13(2)12-29-17-10-19(28)26(24-20(17)14(3)4)11-18(27)23-21-22-15-8-6-7-9-16(15)25(21)5/h6-10,13-14H,11-12H2,1-5H3,(H,22,23,27). The highest BCUT2D eigenvalue weighted by Gasteiger charge is 2.17. The predicted molar refractivity (Wildman–Crippen MR) is 112 cm³/mol. The Labute approximate surface area is 169 Å². The number of carbonyl (C=O) groups excluding carboxylic acids is 1. The molecule has 0 saturated carbocycles. The lowest BCUT2D eigenvalue weighted by atomic mass is 10.1. The topological polar surface area (TPSA) is 91.0 Å². The zero-order valence-corrected chi connectivity index (χ0v) is 17.5. The molecule has 0 fully saturated rings. The third-order valence-electron chi connectivity index (χ3n) is 4.44. The number of hydrogen-bond acceptors (Lipinski definition) is 5. The van der Waals surface area contributed by atoms with E-state index >= 15 is 0 Å². The summed E-state index contributed by atoms with van der Waals surface area (Å²) in [5.74, 6) is 0.905. The second-order valence-electron chi connectivity index (χ2n) is 7.78. The molecular formula is C21H27N5O3. The van der Waals surface area contributed by atoms with Crippen molar-refractivity contribution in [3.63, 3.8) is 0 Å². The SMILES string of the molecule is CC(C)COc1cc(=O)n(CC(=O)Nc2nc3ccccc3n2C)nc1C(C)C. The fourth-order valence-electron chi connectivity index (χ4n) is 2.93. The Kier molecular flexibility index (Phi) is 6.00. The van der Waals surface area contributed by atoms with Crippen LogP contribution in [0, 0.1) is 5.92 Å². The van der Waals surface area contributed by atoms with Gasteiger partial charge in [-0.2, -0.15) is 5.10 Å². The molecule has 0 spiro atoms. The molecule has 8 nitrogen and oxygen atoms in total. The molecule has 2 aromatic heterocycles. The number of amides is 1. The number of para-hydroxylation sites is 2. The number of aromatic nitrogens is 4. The Morgan fingerprint density at radius 3 is 2.59 bits per heavy atom. The number of nitrogens with one attached hydrogen (secondary N) is 1. The number of ether oxygens (including phenoxy) is 1. The van der Waals surface area contributed by atoms with E-state index in [1.54, 1.807) is 4.57 Å². The van der Waals surface area contributed by atoms with Crippen LogP contribution in [-0.2, 0) is 18.4 Å². The van der Waals surface area contributed by atoms with E-state index < -0.39 is 0 Å². The average molecular weight is 397 g/mol. The Bertz CT molecular complexity index is 1080. The van der Waals surface area contributed by atoms with Crippen LogP contribution >= 0.6 is 0 Å². The molecule has 29 heavy (non-hydrogen) atoms. The normalized spacial score (nSPS) is 11.4. The first-order valence-corrected chi connectivity index (χ1v) is 9.72. The van der Waals surface area contributed by atoms with Gasteiger partial charge in [0.25, 0.3) is 5.56 Å².